The molecule has 2 rings (SSSR count). The van der Waals surface area contributed by atoms with Gasteiger partial charge in [-0.25, -0.2) is 0 Å². The van der Waals surface area contributed by atoms with Crippen molar-refractivity contribution in [1.29, 1.82) is 0 Å². The van der Waals surface area contributed by atoms with Crippen LogP contribution in [0.2, 0.25) is 0 Å². The summed E-state index contributed by atoms with van der Waals surface area (Å²) in [4.78, 5) is 22.8. The molecule has 1 heterocycles. The first-order valence-electron chi connectivity index (χ1n) is 9.29. The van der Waals surface area contributed by atoms with Gasteiger partial charge in [-0.05, 0) is 50.2 Å². The number of allylic oxidation sites excluding steroid dienone is 1. The number of hydrogen-bond donors (Lipinski definition) is 0. The Balaban J connectivity index is 1.46. The molecule has 1 aliphatic heterocycles. The van der Waals surface area contributed by atoms with Crippen molar-refractivity contribution in [2.75, 3.05) is 13.2 Å². The van der Waals surface area contributed by atoms with E-state index in [1.54, 1.807) is 0 Å². The number of ketones is 1. The van der Waals surface area contributed by atoms with Gasteiger partial charge < -0.3 is 14.2 Å². The van der Waals surface area contributed by atoms with Gasteiger partial charge in [0.05, 0.1) is 6.42 Å². The van der Waals surface area contributed by atoms with Crippen LogP contribution in [0.3, 0.4) is 0 Å². The number of carbonyl (C=O) groups excluding carboxylic acids is 2. The lowest BCUT2D eigenvalue weighted by atomic mass is 10.0. The van der Waals surface area contributed by atoms with E-state index in [0.717, 1.165) is 70.2 Å². The molecule has 136 valence electrons. The normalized spacial score (nSPS) is 24.0. The van der Waals surface area contributed by atoms with Crippen molar-refractivity contribution in [2.45, 2.75) is 83.5 Å². The third-order valence-corrected chi connectivity index (χ3v) is 4.48. The van der Waals surface area contributed by atoms with E-state index in [-0.39, 0.29) is 24.1 Å². The van der Waals surface area contributed by atoms with Crippen molar-refractivity contribution in [3.05, 3.63) is 11.6 Å². The monoisotopic (exact) mass is 338 g/mol. The van der Waals surface area contributed by atoms with Crippen molar-refractivity contribution in [2.24, 2.45) is 0 Å². The molecule has 0 radical (unpaired) electrons. The summed E-state index contributed by atoms with van der Waals surface area (Å²) in [5, 5.41) is 0. The Kier molecular flexibility index (Phi) is 8.47. The maximum atomic E-state index is 11.8. The molecule has 0 spiro atoms. The summed E-state index contributed by atoms with van der Waals surface area (Å²) in [6, 6.07) is 0. The minimum Gasteiger partial charge on any atom is -0.458 e. The molecule has 2 atom stereocenters. The number of rotatable bonds is 10. The van der Waals surface area contributed by atoms with Crippen molar-refractivity contribution in [1.82, 2.24) is 0 Å². The Labute approximate surface area is 144 Å². The van der Waals surface area contributed by atoms with Crippen LogP contribution in [0.4, 0.5) is 0 Å². The number of Topliss-reactive ketones (excluding diaryl/α,β-unsaturated/α-hetero) is 1. The Morgan fingerprint density at radius 1 is 1.21 bits per heavy atom. The first kappa shape index (κ1) is 19.1. The molecule has 1 aliphatic carbocycles. The Bertz CT molecular complexity index is 437. The molecule has 1 fully saturated rings. The molecule has 0 aromatic heterocycles. The van der Waals surface area contributed by atoms with E-state index < -0.39 is 0 Å². The molecule has 24 heavy (non-hydrogen) atoms. The topological polar surface area (TPSA) is 61.8 Å². The van der Waals surface area contributed by atoms with Crippen molar-refractivity contribution in [3.63, 3.8) is 0 Å². The summed E-state index contributed by atoms with van der Waals surface area (Å²) in [5.74, 6) is -0.201. The van der Waals surface area contributed by atoms with Crippen molar-refractivity contribution >= 4 is 11.8 Å². The van der Waals surface area contributed by atoms with Gasteiger partial charge in [-0.15, -0.1) is 0 Å². The highest BCUT2D eigenvalue weighted by Crippen LogP contribution is 2.23. The zero-order chi connectivity index (χ0) is 17.2. The summed E-state index contributed by atoms with van der Waals surface area (Å²) in [6.07, 6.45) is 11.5. The molecule has 0 aromatic carbocycles. The smallest absolute Gasteiger partial charge is 0.303 e. The lowest BCUT2D eigenvalue weighted by molar-refractivity contribution is -0.162. The quantitative estimate of drug-likeness (QED) is 0.449. The summed E-state index contributed by atoms with van der Waals surface area (Å²) in [7, 11) is 0. The lowest BCUT2D eigenvalue weighted by Gasteiger charge is -2.22. The fourth-order valence-corrected chi connectivity index (χ4v) is 3.21. The minimum atomic E-state index is -0.343. The average Bonchev–Trinajstić information content (AvgIpc) is 2.89. The van der Waals surface area contributed by atoms with E-state index in [0.29, 0.717) is 6.42 Å². The highest BCUT2D eigenvalue weighted by Gasteiger charge is 2.25. The maximum Gasteiger partial charge on any atom is 0.303 e. The van der Waals surface area contributed by atoms with Crippen LogP contribution < -0.4 is 0 Å². The van der Waals surface area contributed by atoms with Gasteiger partial charge in [0, 0.05) is 20.1 Å². The van der Waals surface area contributed by atoms with Crippen LogP contribution in [-0.4, -0.2) is 37.4 Å². The molecular weight excluding hydrogens is 308 g/mol. The summed E-state index contributed by atoms with van der Waals surface area (Å²) >= 11 is 0. The zero-order valence-electron chi connectivity index (χ0n) is 14.8. The minimum absolute atomic E-state index is 0.0178. The molecule has 5 heteroatoms. The molecule has 0 N–H and O–H groups in total. The van der Waals surface area contributed by atoms with Gasteiger partial charge in [-0.3, -0.25) is 9.59 Å². The van der Waals surface area contributed by atoms with Gasteiger partial charge >= 0.3 is 5.97 Å². The van der Waals surface area contributed by atoms with Crippen LogP contribution in [0.5, 0.6) is 0 Å². The fraction of sp³-hybridized carbons (Fsp3) is 0.789. The summed E-state index contributed by atoms with van der Waals surface area (Å²) < 4.78 is 16.3. The number of hydrogen-bond acceptors (Lipinski definition) is 5. The van der Waals surface area contributed by atoms with Gasteiger partial charge in [0.15, 0.2) is 12.1 Å². The van der Waals surface area contributed by atoms with Crippen molar-refractivity contribution < 1.29 is 23.8 Å². The van der Waals surface area contributed by atoms with E-state index in [2.05, 4.69) is 0 Å². The first-order chi connectivity index (χ1) is 11.6. The van der Waals surface area contributed by atoms with Gasteiger partial charge in [0.1, 0.15) is 6.10 Å². The molecule has 1 saturated heterocycles. The van der Waals surface area contributed by atoms with E-state index in [4.69, 9.17) is 14.2 Å². The first-order valence-corrected chi connectivity index (χ1v) is 9.29. The molecule has 2 unspecified atom stereocenters. The lowest BCUT2D eigenvalue weighted by Crippen LogP contribution is -2.22. The second kappa shape index (κ2) is 10.6. The fourth-order valence-electron chi connectivity index (χ4n) is 3.21. The average molecular weight is 338 g/mol. The second-order valence-corrected chi connectivity index (χ2v) is 6.65. The van der Waals surface area contributed by atoms with E-state index in [1.165, 1.54) is 13.3 Å². The number of unbranched alkanes of at least 4 members (excludes halogenated alkanes) is 4. The van der Waals surface area contributed by atoms with E-state index in [9.17, 15) is 9.59 Å². The predicted molar refractivity (Wildman–Crippen MR) is 90.5 cm³/mol. The van der Waals surface area contributed by atoms with Gasteiger partial charge in [0.25, 0.3) is 0 Å². The maximum absolute atomic E-state index is 11.8. The third-order valence-electron chi connectivity index (χ3n) is 4.48. The van der Waals surface area contributed by atoms with Crippen LogP contribution in [0.15, 0.2) is 11.6 Å². The van der Waals surface area contributed by atoms with Gasteiger partial charge in [0.2, 0.25) is 0 Å². The molecule has 0 saturated carbocycles. The van der Waals surface area contributed by atoms with Gasteiger partial charge in [-0.2, -0.15) is 0 Å². The van der Waals surface area contributed by atoms with Crippen LogP contribution in [0.1, 0.15) is 71.1 Å². The Morgan fingerprint density at radius 3 is 2.75 bits per heavy atom. The number of carbonyl (C=O) groups is 2. The summed E-state index contributed by atoms with van der Waals surface area (Å²) in [6.45, 7) is 2.98. The number of ether oxygens (including phenoxy) is 3. The van der Waals surface area contributed by atoms with Crippen molar-refractivity contribution in [3.8, 4) is 0 Å². The largest absolute Gasteiger partial charge is 0.458 e. The molecule has 5 nitrogen and oxygen atoms in total. The molecule has 0 amide bonds. The highest BCUT2D eigenvalue weighted by atomic mass is 16.7. The van der Waals surface area contributed by atoms with E-state index in [1.807, 2.05) is 6.08 Å². The molecule has 0 aromatic rings. The highest BCUT2D eigenvalue weighted by molar-refractivity contribution is 5.98. The summed E-state index contributed by atoms with van der Waals surface area (Å²) in [5.41, 5.74) is 0.832. The molecule has 0 bridgehead atoms. The Hall–Kier alpha value is -1.20. The zero-order valence-corrected chi connectivity index (χ0v) is 14.8. The van der Waals surface area contributed by atoms with Crippen LogP contribution in [-0.2, 0) is 23.8 Å². The standard InChI is InChI=1S/C19H30O5/c1-15(20)24-17-13-16(18(21)14-17)9-5-3-2-4-7-11-22-19-10-6-8-12-23-19/h13,17,19H,2-12,14H2,1H3. The van der Waals surface area contributed by atoms with Crippen LogP contribution in [0.25, 0.3) is 0 Å². The predicted octanol–water partition coefficient (Wildman–Crippen LogP) is 3.70. The van der Waals surface area contributed by atoms with Gasteiger partial charge in [-0.1, -0.05) is 19.3 Å². The number of esters is 1. The second-order valence-electron chi connectivity index (χ2n) is 6.65. The van der Waals surface area contributed by atoms with Crippen LogP contribution >= 0.6 is 0 Å². The molecule has 2 aliphatic rings. The van der Waals surface area contributed by atoms with E-state index >= 15 is 0 Å². The third kappa shape index (κ3) is 7.14. The Morgan fingerprint density at radius 2 is 2.00 bits per heavy atom. The van der Waals surface area contributed by atoms with Crippen LogP contribution in [0, 0.1) is 0 Å². The molecular formula is C19H30O5. The SMILES string of the molecule is CC(=O)OC1C=C(CCCCCCCOC2CCCCO2)C(=O)C1.